The van der Waals surface area contributed by atoms with Crippen molar-refractivity contribution >= 4 is 11.8 Å². The Morgan fingerprint density at radius 1 is 1.12 bits per heavy atom. The van der Waals surface area contributed by atoms with E-state index in [1.807, 2.05) is 4.90 Å². The van der Waals surface area contributed by atoms with Crippen LogP contribution < -0.4 is 11.1 Å². The SMILES string of the molecule is COCC(=O)N1CCC(NC(=O)C2CC3CCCC(C2)C3N)CC1. The van der Waals surface area contributed by atoms with Crippen LogP contribution in [0.3, 0.4) is 0 Å². The van der Waals surface area contributed by atoms with Gasteiger partial charge in [-0.3, -0.25) is 9.59 Å². The van der Waals surface area contributed by atoms with Gasteiger partial charge in [0, 0.05) is 38.2 Å². The number of amides is 2. The first kappa shape index (κ1) is 17.7. The van der Waals surface area contributed by atoms with Crippen molar-refractivity contribution in [1.82, 2.24) is 10.2 Å². The Hall–Kier alpha value is -1.14. The van der Waals surface area contributed by atoms with Crippen LogP contribution >= 0.6 is 0 Å². The molecule has 3 N–H and O–H groups in total. The van der Waals surface area contributed by atoms with Crippen LogP contribution in [-0.4, -0.2) is 55.6 Å². The highest BCUT2D eigenvalue weighted by Crippen LogP contribution is 2.41. The number of likely N-dealkylation sites (tertiary alicyclic amines) is 1. The first-order valence-electron chi connectivity index (χ1n) is 9.41. The minimum Gasteiger partial charge on any atom is -0.375 e. The Morgan fingerprint density at radius 2 is 1.75 bits per heavy atom. The van der Waals surface area contributed by atoms with Crippen LogP contribution in [0.15, 0.2) is 0 Å². The van der Waals surface area contributed by atoms with Crippen molar-refractivity contribution < 1.29 is 14.3 Å². The number of carbonyl (C=O) groups excluding carboxylic acids is 2. The lowest BCUT2D eigenvalue weighted by Gasteiger charge is -2.44. The molecule has 1 heterocycles. The van der Waals surface area contributed by atoms with E-state index in [9.17, 15) is 9.59 Å². The van der Waals surface area contributed by atoms with Gasteiger partial charge in [-0.25, -0.2) is 0 Å². The molecule has 136 valence electrons. The maximum atomic E-state index is 12.7. The quantitative estimate of drug-likeness (QED) is 0.798. The van der Waals surface area contributed by atoms with Gasteiger partial charge in [0.1, 0.15) is 6.61 Å². The molecule has 2 aliphatic carbocycles. The summed E-state index contributed by atoms with van der Waals surface area (Å²) in [6.07, 6.45) is 7.21. The summed E-state index contributed by atoms with van der Waals surface area (Å²) >= 11 is 0. The molecule has 6 nitrogen and oxygen atoms in total. The lowest BCUT2D eigenvalue weighted by molar-refractivity contribution is -0.136. The van der Waals surface area contributed by atoms with Gasteiger partial charge in [0.15, 0.2) is 0 Å². The molecule has 1 saturated heterocycles. The number of rotatable bonds is 4. The molecule has 3 fully saturated rings. The third-order valence-electron chi connectivity index (χ3n) is 6.25. The van der Waals surface area contributed by atoms with Crippen molar-refractivity contribution in [3.63, 3.8) is 0 Å². The van der Waals surface area contributed by atoms with E-state index in [2.05, 4.69) is 5.32 Å². The maximum Gasteiger partial charge on any atom is 0.248 e. The fraction of sp³-hybridized carbons (Fsp3) is 0.889. The molecule has 2 atom stereocenters. The fourth-order valence-electron chi connectivity index (χ4n) is 4.81. The predicted molar refractivity (Wildman–Crippen MR) is 91.2 cm³/mol. The molecule has 2 amide bonds. The Morgan fingerprint density at radius 3 is 2.33 bits per heavy atom. The monoisotopic (exact) mass is 337 g/mol. The Kier molecular flexibility index (Phi) is 5.76. The number of piperidine rings is 1. The van der Waals surface area contributed by atoms with E-state index in [1.165, 1.54) is 26.4 Å². The second-order valence-corrected chi connectivity index (χ2v) is 7.79. The van der Waals surface area contributed by atoms with Crippen LogP contribution in [0.4, 0.5) is 0 Å². The normalized spacial score (nSPS) is 34.0. The van der Waals surface area contributed by atoms with E-state index in [0.717, 1.165) is 25.7 Å². The minimum absolute atomic E-state index is 0.0383. The average Bonchev–Trinajstić information content (AvgIpc) is 2.55. The Bertz CT molecular complexity index is 448. The van der Waals surface area contributed by atoms with Crippen LogP contribution in [0.2, 0.25) is 0 Å². The van der Waals surface area contributed by atoms with Crippen LogP contribution in [0.5, 0.6) is 0 Å². The summed E-state index contributed by atoms with van der Waals surface area (Å²) in [5, 5.41) is 3.24. The summed E-state index contributed by atoms with van der Waals surface area (Å²) in [6.45, 7) is 1.55. The number of hydrogen-bond donors (Lipinski definition) is 2. The minimum atomic E-state index is 0.0383. The smallest absolute Gasteiger partial charge is 0.248 e. The number of hydrogen-bond acceptors (Lipinski definition) is 4. The number of methoxy groups -OCH3 is 1. The molecule has 6 heteroatoms. The molecule has 24 heavy (non-hydrogen) atoms. The number of carbonyl (C=O) groups is 2. The third kappa shape index (κ3) is 3.91. The van der Waals surface area contributed by atoms with Gasteiger partial charge in [0.2, 0.25) is 11.8 Å². The molecule has 3 rings (SSSR count). The number of nitrogens with one attached hydrogen (secondary N) is 1. The lowest BCUT2D eigenvalue weighted by atomic mass is 9.65. The van der Waals surface area contributed by atoms with Gasteiger partial charge >= 0.3 is 0 Å². The topological polar surface area (TPSA) is 84.7 Å². The molecule has 3 aliphatic rings. The van der Waals surface area contributed by atoms with E-state index < -0.39 is 0 Å². The molecule has 2 saturated carbocycles. The van der Waals surface area contributed by atoms with Crippen molar-refractivity contribution in [2.24, 2.45) is 23.5 Å². The van der Waals surface area contributed by atoms with Crippen LogP contribution in [-0.2, 0) is 14.3 Å². The van der Waals surface area contributed by atoms with E-state index in [1.54, 1.807) is 0 Å². The average molecular weight is 337 g/mol. The van der Waals surface area contributed by atoms with Crippen molar-refractivity contribution in [2.75, 3.05) is 26.8 Å². The van der Waals surface area contributed by atoms with Gasteiger partial charge in [-0.15, -0.1) is 0 Å². The van der Waals surface area contributed by atoms with Gasteiger partial charge in [-0.2, -0.15) is 0 Å². The zero-order chi connectivity index (χ0) is 17.1. The summed E-state index contributed by atoms with van der Waals surface area (Å²) in [6, 6.07) is 0.498. The van der Waals surface area contributed by atoms with Gasteiger partial charge in [-0.1, -0.05) is 6.42 Å². The van der Waals surface area contributed by atoms with Gasteiger partial charge in [0.25, 0.3) is 0 Å². The zero-order valence-corrected chi connectivity index (χ0v) is 14.7. The van der Waals surface area contributed by atoms with E-state index in [0.29, 0.717) is 31.0 Å². The van der Waals surface area contributed by atoms with E-state index >= 15 is 0 Å². The zero-order valence-electron chi connectivity index (χ0n) is 14.7. The third-order valence-corrected chi connectivity index (χ3v) is 6.25. The molecule has 2 bridgehead atoms. The highest BCUT2D eigenvalue weighted by Gasteiger charge is 2.40. The molecule has 1 aliphatic heterocycles. The van der Waals surface area contributed by atoms with Crippen LogP contribution in [0.25, 0.3) is 0 Å². The van der Waals surface area contributed by atoms with E-state index in [-0.39, 0.29) is 30.4 Å². The van der Waals surface area contributed by atoms with Crippen molar-refractivity contribution in [1.29, 1.82) is 0 Å². The fourth-order valence-corrected chi connectivity index (χ4v) is 4.81. The number of ether oxygens (including phenoxy) is 1. The predicted octanol–water partition coefficient (Wildman–Crippen LogP) is 0.894. The molecular weight excluding hydrogens is 306 g/mol. The Labute approximate surface area is 144 Å². The van der Waals surface area contributed by atoms with Gasteiger partial charge in [0.05, 0.1) is 0 Å². The summed E-state index contributed by atoms with van der Waals surface area (Å²) in [5.74, 6) is 1.44. The summed E-state index contributed by atoms with van der Waals surface area (Å²) in [4.78, 5) is 26.3. The molecule has 0 aromatic heterocycles. The second-order valence-electron chi connectivity index (χ2n) is 7.79. The highest BCUT2D eigenvalue weighted by molar-refractivity contribution is 5.79. The summed E-state index contributed by atoms with van der Waals surface area (Å²) in [5.41, 5.74) is 6.32. The lowest BCUT2D eigenvalue weighted by Crippen LogP contribution is -2.52. The molecule has 0 aromatic rings. The van der Waals surface area contributed by atoms with Crippen LogP contribution in [0.1, 0.15) is 44.9 Å². The van der Waals surface area contributed by atoms with Crippen molar-refractivity contribution in [3.05, 3.63) is 0 Å². The van der Waals surface area contributed by atoms with Crippen molar-refractivity contribution in [2.45, 2.75) is 57.0 Å². The summed E-state index contributed by atoms with van der Waals surface area (Å²) in [7, 11) is 1.54. The number of fused-ring (bicyclic) bond motifs is 2. The van der Waals surface area contributed by atoms with Crippen molar-refractivity contribution in [3.8, 4) is 0 Å². The molecule has 0 radical (unpaired) electrons. The van der Waals surface area contributed by atoms with Gasteiger partial charge in [-0.05, 0) is 50.4 Å². The van der Waals surface area contributed by atoms with Gasteiger partial charge < -0.3 is 20.7 Å². The highest BCUT2D eigenvalue weighted by atomic mass is 16.5. The second kappa shape index (κ2) is 7.83. The first-order chi connectivity index (χ1) is 11.6. The maximum absolute atomic E-state index is 12.7. The number of nitrogens with two attached hydrogens (primary N) is 1. The number of nitrogens with zero attached hydrogens (tertiary/aromatic N) is 1. The standard InChI is InChI=1S/C18H31N3O3/c1-24-11-16(22)21-7-5-15(6-8-21)20-18(23)14-9-12-3-2-4-13(10-14)17(12)19/h12-15,17H,2-11,19H2,1H3,(H,20,23). The molecular formula is C18H31N3O3. The molecule has 0 aromatic carbocycles. The Balaban J connectivity index is 1.45. The largest absolute Gasteiger partial charge is 0.375 e. The molecule has 2 unspecified atom stereocenters. The molecule has 0 spiro atoms. The summed E-state index contributed by atoms with van der Waals surface area (Å²) < 4.78 is 4.90. The first-order valence-corrected chi connectivity index (χ1v) is 9.41. The van der Waals surface area contributed by atoms with E-state index in [4.69, 9.17) is 10.5 Å². The van der Waals surface area contributed by atoms with Crippen LogP contribution in [0, 0.1) is 17.8 Å².